The predicted octanol–water partition coefficient (Wildman–Crippen LogP) is 7.31. The molecule has 0 bridgehead atoms. The average Bonchev–Trinajstić information content (AvgIpc) is 3.68. The highest BCUT2D eigenvalue weighted by molar-refractivity contribution is 5.95. The molecule has 4 heterocycles. The van der Waals surface area contributed by atoms with Crippen LogP contribution >= 0.6 is 0 Å². The van der Waals surface area contributed by atoms with Crippen molar-refractivity contribution in [3.63, 3.8) is 0 Å². The maximum atomic E-state index is 14.8. The van der Waals surface area contributed by atoms with E-state index in [1.165, 1.54) is 18.2 Å². The third kappa shape index (κ3) is 5.85. The molecule has 2 unspecified atom stereocenters. The molecule has 4 aromatic rings. The maximum absolute atomic E-state index is 14.8. The van der Waals surface area contributed by atoms with E-state index < -0.39 is 17.2 Å². The summed E-state index contributed by atoms with van der Waals surface area (Å²) in [5.41, 5.74) is 1.44. The number of aromatic nitrogens is 4. The van der Waals surface area contributed by atoms with E-state index >= 15 is 0 Å². The number of benzene rings is 2. The molecule has 0 radical (unpaired) electrons. The van der Waals surface area contributed by atoms with Gasteiger partial charge in [0, 0.05) is 24.0 Å². The highest BCUT2D eigenvalue weighted by Gasteiger charge is 2.54. The van der Waals surface area contributed by atoms with Gasteiger partial charge in [0.2, 0.25) is 5.88 Å². The molecule has 1 spiro atoms. The number of ether oxygens (including phenoxy) is 3. The molecule has 2 aliphatic heterocycles. The average molecular weight is 618 g/mol. The fourth-order valence-corrected chi connectivity index (χ4v) is 6.45. The number of carbonyl (C=O) groups excluding carboxylic acids is 1. The van der Waals surface area contributed by atoms with Gasteiger partial charge in [-0.1, -0.05) is 12.1 Å². The second kappa shape index (κ2) is 11.3. The van der Waals surface area contributed by atoms with Gasteiger partial charge in [0.25, 0.3) is 0 Å². The lowest BCUT2D eigenvalue weighted by Crippen LogP contribution is -2.51. The number of amides is 1. The number of carbonyl (C=O) groups is 1. The second-order valence-electron chi connectivity index (χ2n) is 13.3. The van der Waals surface area contributed by atoms with Gasteiger partial charge in [-0.3, -0.25) is 4.98 Å². The molecule has 3 fully saturated rings. The van der Waals surface area contributed by atoms with Gasteiger partial charge in [-0.15, -0.1) is 0 Å². The normalized spacial score (nSPS) is 21.2. The molecule has 236 valence electrons. The van der Waals surface area contributed by atoms with E-state index in [1.54, 1.807) is 29.4 Å². The summed E-state index contributed by atoms with van der Waals surface area (Å²) in [5, 5.41) is 5.61. The summed E-state index contributed by atoms with van der Waals surface area (Å²) >= 11 is 0. The lowest BCUT2D eigenvalue weighted by Gasteiger charge is -2.39. The number of halogens is 2. The predicted molar refractivity (Wildman–Crippen MR) is 163 cm³/mol. The van der Waals surface area contributed by atoms with Crippen molar-refractivity contribution in [2.75, 3.05) is 19.7 Å². The van der Waals surface area contributed by atoms with Gasteiger partial charge in [0.05, 0.1) is 30.0 Å². The van der Waals surface area contributed by atoms with Gasteiger partial charge in [0.15, 0.2) is 6.23 Å². The molecule has 2 atom stereocenters. The van der Waals surface area contributed by atoms with Crippen LogP contribution in [0, 0.1) is 17.0 Å². The lowest BCUT2D eigenvalue weighted by atomic mass is 9.90. The number of likely N-dealkylation sites (tertiary alicyclic amines) is 1. The van der Waals surface area contributed by atoms with E-state index in [1.807, 2.05) is 31.5 Å². The van der Waals surface area contributed by atoms with Crippen molar-refractivity contribution in [3.8, 4) is 28.4 Å². The van der Waals surface area contributed by atoms with Crippen LogP contribution in [-0.4, -0.2) is 62.1 Å². The Labute approximate surface area is 260 Å². The van der Waals surface area contributed by atoms with E-state index in [9.17, 15) is 13.6 Å². The lowest BCUT2D eigenvalue weighted by molar-refractivity contribution is -0.0365. The molecule has 9 nitrogen and oxygen atoms in total. The van der Waals surface area contributed by atoms with Crippen molar-refractivity contribution in [2.45, 2.75) is 77.2 Å². The number of rotatable bonds is 5. The third-order valence-electron chi connectivity index (χ3n) is 9.00. The third-order valence-corrected chi connectivity index (χ3v) is 9.00. The molecule has 1 aliphatic carbocycles. The number of nitrogens with zero attached hydrogens (tertiary/aromatic N) is 5. The summed E-state index contributed by atoms with van der Waals surface area (Å²) in [6, 6.07) is 9.11. The molecule has 2 aromatic carbocycles. The minimum absolute atomic E-state index is 0.00151. The SMILES string of the molecule is CC(C)(C)OC(=O)N1CCC2(CC2)C(Oc2cncc(-c3nn(C4CCCCO4)c4ccc(-c5c(F)cccc5F)cc34)n2)C1. The Bertz CT molecular complexity index is 1720. The van der Waals surface area contributed by atoms with Crippen LogP contribution in [0.4, 0.5) is 13.6 Å². The van der Waals surface area contributed by atoms with Gasteiger partial charge in [-0.05, 0) is 89.1 Å². The monoisotopic (exact) mass is 617 g/mol. The standard InChI is InChI=1S/C34H37F2N5O4/c1-33(2,3)45-32(42)40-15-14-34(12-13-34)27(20-40)44-28-19-37-18-25(38-28)31-22-17-21(30-23(35)7-6-8-24(30)36)10-11-26(22)41(39-31)29-9-4-5-16-43-29/h6-8,10-11,17-19,27,29H,4-5,9,12-16,20H2,1-3H3. The minimum Gasteiger partial charge on any atom is -0.471 e. The van der Waals surface area contributed by atoms with Gasteiger partial charge < -0.3 is 19.1 Å². The van der Waals surface area contributed by atoms with E-state index in [-0.39, 0.29) is 29.4 Å². The molecule has 1 saturated carbocycles. The summed E-state index contributed by atoms with van der Waals surface area (Å²) < 4.78 is 49.6. The van der Waals surface area contributed by atoms with Gasteiger partial charge in [-0.2, -0.15) is 5.10 Å². The van der Waals surface area contributed by atoms with Crippen LogP contribution in [0.5, 0.6) is 5.88 Å². The van der Waals surface area contributed by atoms with E-state index in [0.717, 1.165) is 44.0 Å². The molecule has 2 aromatic heterocycles. The van der Waals surface area contributed by atoms with Crippen LogP contribution in [0.1, 0.15) is 65.5 Å². The zero-order valence-electron chi connectivity index (χ0n) is 25.8. The van der Waals surface area contributed by atoms with E-state index in [0.29, 0.717) is 47.9 Å². The molecule has 1 amide bonds. The quantitative estimate of drug-likeness (QED) is 0.232. The van der Waals surface area contributed by atoms with Crippen LogP contribution in [0.25, 0.3) is 33.4 Å². The van der Waals surface area contributed by atoms with E-state index in [4.69, 9.17) is 24.3 Å². The fourth-order valence-electron chi connectivity index (χ4n) is 6.45. The minimum atomic E-state index is -0.643. The molecular formula is C34H37F2N5O4. The molecule has 7 rings (SSSR count). The van der Waals surface area contributed by atoms with Crippen molar-refractivity contribution in [3.05, 3.63) is 60.4 Å². The summed E-state index contributed by atoms with van der Waals surface area (Å²) in [6.07, 6.45) is 7.96. The van der Waals surface area contributed by atoms with Crippen molar-refractivity contribution >= 4 is 17.0 Å². The van der Waals surface area contributed by atoms with Gasteiger partial charge in [0.1, 0.15) is 34.7 Å². The summed E-state index contributed by atoms with van der Waals surface area (Å²) in [5.74, 6) is -0.963. The Morgan fingerprint density at radius 1 is 1.07 bits per heavy atom. The Hall–Kier alpha value is -4.12. The number of hydrogen-bond acceptors (Lipinski definition) is 7. The summed E-state index contributed by atoms with van der Waals surface area (Å²) in [6.45, 7) is 7.22. The zero-order chi connectivity index (χ0) is 31.3. The highest BCUT2D eigenvalue weighted by Crippen LogP contribution is 2.55. The first-order valence-electron chi connectivity index (χ1n) is 15.7. The molecule has 2 saturated heterocycles. The van der Waals surface area contributed by atoms with Gasteiger partial charge in [-0.25, -0.2) is 23.2 Å². The Kier molecular flexibility index (Phi) is 7.46. The van der Waals surface area contributed by atoms with Crippen LogP contribution in [0.3, 0.4) is 0 Å². The van der Waals surface area contributed by atoms with Crippen molar-refractivity contribution < 1.29 is 27.8 Å². The Balaban J connectivity index is 1.24. The molecule has 11 heteroatoms. The van der Waals surface area contributed by atoms with Crippen molar-refractivity contribution in [1.29, 1.82) is 0 Å². The first kappa shape index (κ1) is 29.6. The number of piperidine rings is 1. The molecular weight excluding hydrogens is 580 g/mol. The molecule has 0 N–H and O–H groups in total. The van der Waals surface area contributed by atoms with Crippen molar-refractivity contribution in [2.24, 2.45) is 5.41 Å². The number of fused-ring (bicyclic) bond motifs is 1. The van der Waals surface area contributed by atoms with Gasteiger partial charge >= 0.3 is 6.09 Å². The maximum Gasteiger partial charge on any atom is 0.410 e. The Morgan fingerprint density at radius 3 is 2.58 bits per heavy atom. The first-order chi connectivity index (χ1) is 21.6. The summed E-state index contributed by atoms with van der Waals surface area (Å²) in [7, 11) is 0. The zero-order valence-corrected chi connectivity index (χ0v) is 25.8. The molecule has 45 heavy (non-hydrogen) atoms. The van der Waals surface area contributed by atoms with Crippen LogP contribution in [-0.2, 0) is 9.47 Å². The van der Waals surface area contributed by atoms with Crippen molar-refractivity contribution in [1.82, 2.24) is 24.6 Å². The topological polar surface area (TPSA) is 91.6 Å². The van der Waals surface area contributed by atoms with Crippen LogP contribution in [0.15, 0.2) is 48.8 Å². The largest absolute Gasteiger partial charge is 0.471 e. The summed E-state index contributed by atoms with van der Waals surface area (Å²) in [4.78, 5) is 23.8. The van der Waals surface area contributed by atoms with Crippen LogP contribution in [0.2, 0.25) is 0 Å². The Morgan fingerprint density at radius 2 is 1.87 bits per heavy atom. The smallest absolute Gasteiger partial charge is 0.410 e. The molecule has 3 aliphatic rings. The van der Waals surface area contributed by atoms with E-state index in [2.05, 4.69) is 4.98 Å². The first-order valence-corrected chi connectivity index (χ1v) is 15.7. The highest BCUT2D eigenvalue weighted by atomic mass is 19.1. The van der Waals surface area contributed by atoms with Crippen LogP contribution < -0.4 is 4.74 Å². The fraction of sp³-hybridized carbons (Fsp3) is 0.471. The second-order valence-corrected chi connectivity index (χ2v) is 13.3. The number of hydrogen-bond donors (Lipinski definition) is 0.